The number of rotatable bonds is 6. The highest BCUT2D eigenvalue weighted by molar-refractivity contribution is 5.94. The smallest absolute Gasteiger partial charge is 0.251 e. The van der Waals surface area contributed by atoms with Crippen molar-refractivity contribution in [3.8, 4) is 0 Å². The Hall–Kier alpha value is -1.55. The number of nitrogens with one attached hydrogen (secondary N) is 1. The molecule has 0 bridgehead atoms. The monoisotopic (exact) mass is 304 g/mol. The zero-order chi connectivity index (χ0) is 15.9. The average molecular weight is 304 g/mol. The molecular formula is C18H28N2O2. The number of aliphatic hydroxyl groups is 1. The highest BCUT2D eigenvalue weighted by Crippen LogP contribution is 2.24. The van der Waals surface area contributed by atoms with Crippen LogP contribution in [0.4, 0.5) is 5.69 Å². The van der Waals surface area contributed by atoms with Gasteiger partial charge in [-0.05, 0) is 69.7 Å². The number of amides is 1. The Morgan fingerprint density at radius 3 is 2.23 bits per heavy atom. The second-order valence-electron chi connectivity index (χ2n) is 6.09. The standard InChI is InChI=1S/C18H28N2O2/c1-3-20(4-2)17-11-7-15(8-12-17)18(22)19-16-9-5-14(13-21)6-10-16/h7-8,11-12,14,16,21H,3-6,9-10,13H2,1-2H3,(H,19,22). The highest BCUT2D eigenvalue weighted by Gasteiger charge is 2.22. The van der Waals surface area contributed by atoms with Crippen molar-refractivity contribution < 1.29 is 9.90 Å². The van der Waals surface area contributed by atoms with E-state index in [4.69, 9.17) is 5.11 Å². The molecule has 1 amide bonds. The van der Waals surface area contributed by atoms with Crippen molar-refractivity contribution in [1.29, 1.82) is 0 Å². The van der Waals surface area contributed by atoms with Gasteiger partial charge in [0.05, 0.1) is 0 Å². The van der Waals surface area contributed by atoms with E-state index >= 15 is 0 Å². The maximum atomic E-state index is 12.3. The Bertz CT molecular complexity index is 460. The largest absolute Gasteiger partial charge is 0.396 e. The lowest BCUT2D eigenvalue weighted by molar-refractivity contribution is 0.0914. The Morgan fingerprint density at radius 2 is 1.73 bits per heavy atom. The fourth-order valence-corrected chi connectivity index (χ4v) is 3.17. The van der Waals surface area contributed by atoms with Gasteiger partial charge in [0.25, 0.3) is 5.91 Å². The summed E-state index contributed by atoms with van der Waals surface area (Å²) in [6, 6.07) is 8.09. The molecule has 2 rings (SSSR count). The zero-order valence-corrected chi connectivity index (χ0v) is 13.7. The third kappa shape index (κ3) is 4.23. The number of carbonyl (C=O) groups excluding carboxylic acids is 1. The molecule has 0 spiro atoms. The summed E-state index contributed by atoms with van der Waals surface area (Å²) >= 11 is 0. The maximum absolute atomic E-state index is 12.3. The van der Waals surface area contributed by atoms with Gasteiger partial charge < -0.3 is 15.3 Å². The second kappa shape index (κ2) is 8.18. The van der Waals surface area contributed by atoms with Gasteiger partial charge in [0.1, 0.15) is 0 Å². The summed E-state index contributed by atoms with van der Waals surface area (Å²) < 4.78 is 0. The lowest BCUT2D eigenvalue weighted by Gasteiger charge is -2.28. The molecule has 1 fully saturated rings. The van der Waals surface area contributed by atoms with Gasteiger partial charge in [0.15, 0.2) is 0 Å². The molecule has 1 saturated carbocycles. The van der Waals surface area contributed by atoms with Gasteiger partial charge in [-0.25, -0.2) is 0 Å². The van der Waals surface area contributed by atoms with E-state index in [1.165, 1.54) is 0 Å². The van der Waals surface area contributed by atoms with E-state index in [-0.39, 0.29) is 18.6 Å². The third-order valence-electron chi connectivity index (χ3n) is 4.70. The third-order valence-corrected chi connectivity index (χ3v) is 4.70. The first-order valence-electron chi connectivity index (χ1n) is 8.44. The van der Waals surface area contributed by atoms with Crippen LogP contribution < -0.4 is 10.2 Å². The van der Waals surface area contributed by atoms with Gasteiger partial charge in [-0.15, -0.1) is 0 Å². The van der Waals surface area contributed by atoms with Crippen molar-refractivity contribution >= 4 is 11.6 Å². The van der Waals surface area contributed by atoms with Gasteiger partial charge in [-0.2, -0.15) is 0 Å². The topological polar surface area (TPSA) is 52.6 Å². The zero-order valence-electron chi connectivity index (χ0n) is 13.7. The van der Waals surface area contributed by atoms with Gasteiger partial charge >= 0.3 is 0 Å². The van der Waals surface area contributed by atoms with Crippen LogP contribution in [-0.4, -0.2) is 36.8 Å². The minimum absolute atomic E-state index is 0.0125. The van der Waals surface area contributed by atoms with Crippen LogP contribution in [0.2, 0.25) is 0 Å². The number of nitrogens with zero attached hydrogens (tertiary/aromatic N) is 1. The molecule has 1 aromatic carbocycles. The molecule has 22 heavy (non-hydrogen) atoms. The minimum atomic E-state index is 0.0125. The molecule has 0 saturated heterocycles. The first-order chi connectivity index (χ1) is 10.7. The first kappa shape index (κ1) is 16.8. The molecule has 1 aromatic rings. The maximum Gasteiger partial charge on any atom is 0.251 e. The molecule has 1 aliphatic carbocycles. The van der Waals surface area contributed by atoms with Gasteiger partial charge in [-0.1, -0.05) is 0 Å². The Labute approximate surface area is 133 Å². The number of hydrogen-bond donors (Lipinski definition) is 2. The molecule has 1 aliphatic rings. The van der Waals surface area contributed by atoms with Crippen LogP contribution in [0.1, 0.15) is 49.9 Å². The highest BCUT2D eigenvalue weighted by atomic mass is 16.3. The molecule has 4 nitrogen and oxygen atoms in total. The summed E-state index contributed by atoms with van der Waals surface area (Å²) in [5.41, 5.74) is 1.88. The van der Waals surface area contributed by atoms with Crippen LogP contribution in [0.25, 0.3) is 0 Å². The Kier molecular flexibility index (Phi) is 6.25. The van der Waals surface area contributed by atoms with Crippen LogP contribution in [0, 0.1) is 5.92 Å². The van der Waals surface area contributed by atoms with Gasteiger partial charge in [0.2, 0.25) is 0 Å². The predicted octanol–water partition coefficient (Wildman–Crippen LogP) is 2.81. The summed E-state index contributed by atoms with van der Waals surface area (Å²) in [4.78, 5) is 14.6. The quantitative estimate of drug-likeness (QED) is 0.849. The minimum Gasteiger partial charge on any atom is -0.396 e. The summed E-state index contributed by atoms with van der Waals surface area (Å²) in [5.74, 6) is 0.431. The predicted molar refractivity (Wildman–Crippen MR) is 90.3 cm³/mol. The van der Waals surface area contributed by atoms with E-state index in [1.807, 2.05) is 24.3 Å². The summed E-state index contributed by atoms with van der Waals surface area (Å²) in [6.45, 7) is 6.47. The number of carbonyl (C=O) groups is 1. The van der Waals surface area contributed by atoms with Crippen molar-refractivity contribution in [1.82, 2.24) is 5.32 Å². The van der Waals surface area contributed by atoms with E-state index in [0.717, 1.165) is 50.0 Å². The fourth-order valence-electron chi connectivity index (χ4n) is 3.17. The van der Waals surface area contributed by atoms with Crippen molar-refractivity contribution in [3.05, 3.63) is 29.8 Å². The molecule has 2 N–H and O–H groups in total. The SMILES string of the molecule is CCN(CC)c1ccc(C(=O)NC2CCC(CO)CC2)cc1. The number of aliphatic hydroxyl groups excluding tert-OH is 1. The van der Waals surface area contributed by atoms with Crippen molar-refractivity contribution in [2.45, 2.75) is 45.6 Å². The molecule has 0 unspecified atom stereocenters. The Balaban J connectivity index is 1.90. The number of hydrogen-bond acceptors (Lipinski definition) is 3. The van der Waals surface area contributed by atoms with Crippen molar-refractivity contribution in [2.75, 3.05) is 24.6 Å². The molecule has 4 heteroatoms. The first-order valence-corrected chi connectivity index (χ1v) is 8.44. The normalized spacial score (nSPS) is 21.4. The molecule has 0 atom stereocenters. The second-order valence-corrected chi connectivity index (χ2v) is 6.09. The van der Waals surface area contributed by atoms with Crippen LogP contribution in [0.15, 0.2) is 24.3 Å². The average Bonchev–Trinajstić information content (AvgIpc) is 2.57. The molecule has 0 radical (unpaired) electrons. The van der Waals surface area contributed by atoms with E-state index in [2.05, 4.69) is 24.1 Å². The molecule has 0 heterocycles. The molecule has 122 valence electrons. The van der Waals surface area contributed by atoms with Gasteiger partial charge in [0, 0.05) is 37.0 Å². The Morgan fingerprint density at radius 1 is 1.14 bits per heavy atom. The van der Waals surface area contributed by atoms with Crippen LogP contribution >= 0.6 is 0 Å². The molecular weight excluding hydrogens is 276 g/mol. The fraction of sp³-hybridized carbons (Fsp3) is 0.611. The number of anilines is 1. The van der Waals surface area contributed by atoms with Crippen LogP contribution in [0.3, 0.4) is 0 Å². The number of benzene rings is 1. The van der Waals surface area contributed by atoms with E-state index < -0.39 is 0 Å². The van der Waals surface area contributed by atoms with E-state index in [1.54, 1.807) is 0 Å². The lowest BCUT2D eigenvalue weighted by atomic mass is 9.86. The lowest BCUT2D eigenvalue weighted by Crippen LogP contribution is -2.38. The van der Waals surface area contributed by atoms with Gasteiger partial charge in [-0.3, -0.25) is 4.79 Å². The molecule has 0 aliphatic heterocycles. The van der Waals surface area contributed by atoms with E-state index in [0.29, 0.717) is 5.92 Å². The summed E-state index contributed by atoms with van der Waals surface area (Å²) in [6.07, 6.45) is 3.94. The molecule has 0 aromatic heterocycles. The van der Waals surface area contributed by atoms with Crippen LogP contribution in [-0.2, 0) is 0 Å². The van der Waals surface area contributed by atoms with Crippen molar-refractivity contribution in [3.63, 3.8) is 0 Å². The van der Waals surface area contributed by atoms with Crippen molar-refractivity contribution in [2.24, 2.45) is 5.92 Å². The summed E-state index contributed by atoms with van der Waals surface area (Å²) in [5, 5.41) is 12.3. The summed E-state index contributed by atoms with van der Waals surface area (Å²) in [7, 11) is 0. The van der Waals surface area contributed by atoms with E-state index in [9.17, 15) is 4.79 Å². The van der Waals surface area contributed by atoms with Crippen LogP contribution in [0.5, 0.6) is 0 Å².